The van der Waals surface area contributed by atoms with Gasteiger partial charge in [0.05, 0.1) is 6.61 Å². The maximum atomic E-state index is 6.02. The van der Waals surface area contributed by atoms with Crippen LogP contribution in [0.5, 0.6) is 5.75 Å². The largest absolute Gasteiger partial charge is 0.494 e. The van der Waals surface area contributed by atoms with E-state index in [-0.39, 0.29) is 0 Å². The van der Waals surface area contributed by atoms with Gasteiger partial charge >= 0.3 is 0 Å². The molecule has 1 saturated carbocycles. The summed E-state index contributed by atoms with van der Waals surface area (Å²) < 4.78 is 5.74. The van der Waals surface area contributed by atoms with Crippen LogP contribution in [0.3, 0.4) is 0 Å². The van der Waals surface area contributed by atoms with Crippen molar-refractivity contribution < 1.29 is 4.74 Å². The second-order valence-corrected chi connectivity index (χ2v) is 5.67. The number of nitrogens with zero attached hydrogens (tertiary/aromatic N) is 1. The van der Waals surface area contributed by atoms with Crippen LogP contribution in [0.2, 0.25) is 0 Å². The van der Waals surface area contributed by atoms with E-state index in [0.29, 0.717) is 12.1 Å². The number of hydrogen-bond donors (Lipinski definition) is 1. The summed E-state index contributed by atoms with van der Waals surface area (Å²) in [7, 11) is 0. The molecule has 0 spiro atoms. The molecule has 2 N–H and O–H groups in total. The molecule has 0 bridgehead atoms. The van der Waals surface area contributed by atoms with Crippen LogP contribution in [0.25, 0.3) is 0 Å². The van der Waals surface area contributed by atoms with Gasteiger partial charge in [0.2, 0.25) is 0 Å². The molecule has 1 aromatic carbocycles. The standard InChI is InChI=1S/C17H28N2O/c1-3-19(16-11-9-15(18)10-12-16)13-14-7-5-6-8-17(14)20-4-2/h5-8,15-16H,3-4,9-13,18H2,1-2H3. The molecule has 1 fully saturated rings. The fourth-order valence-electron chi connectivity index (χ4n) is 3.12. The van der Waals surface area contributed by atoms with Crippen molar-refractivity contribution in [2.75, 3.05) is 13.2 Å². The Labute approximate surface area is 123 Å². The molecule has 0 saturated heterocycles. The molecule has 0 unspecified atom stereocenters. The molecular weight excluding hydrogens is 248 g/mol. The van der Waals surface area contributed by atoms with Crippen molar-refractivity contribution in [1.82, 2.24) is 4.90 Å². The van der Waals surface area contributed by atoms with Crippen LogP contribution in [0, 0.1) is 0 Å². The highest BCUT2D eigenvalue weighted by Gasteiger charge is 2.23. The van der Waals surface area contributed by atoms with Gasteiger partial charge in [-0.25, -0.2) is 0 Å². The van der Waals surface area contributed by atoms with Gasteiger partial charge in [-0.1, -0.05) is 25.1 Å². The third kappa shape index (κ3) is 3.97. The van der Waals surface area contributed by atoms with E-state index >= 15 is 0 Å². The SMILES string of the molecule is CCOc1ccccc1CN(CC)C1CCC(N)CC1. The molecular formula is C17H28N2O. The first-order valence-electron chi connectivity index (χ1n) is 7.94. The normalized spacial score (nSPS) is 23.0. The average molecular weight is 276 g/mol. The molecule has 1 aromatic rings. The van der Waals surface area contributed by atoms with Crippen molar-refractivity contribution >= 4 is 0 Å². The van der Waals surface area contributed by atoms with Crippen LogP contribution in [0.1, 0.15) is 45.1 Å². The number of para-hydroxylation sites is 1. The average Bonchev–Trinajstić information content (AvgIpc) is 2.48. The third-order valence-electron chi connectivity index (χ3n) is 4.31. The minimum Gasteiger partial charge on any atom is -0.494 e. The zero-order chi connectivity index (χ0) is 14.4. The first-order valence-corrected chi connectivity index (χ1v) is 7.94. The molecule has 0 radical (unpaired) electrons. The molecule has 0 amide bonds. The Morgan fingerprint density at radius 3 is 2.50 bits per heavy atom. The lowest BCUT2D eigenvalue weighted by Crippen LogP contribution is -2.40. The van der Waals surface area contributed by atoms with E-state index in [1.807, 2.05) is 13.0 Å². The van der Waals surface area contributed by atoms with Crippen molar-refractivity contribution in [1.29, 1.82) is 0 Å². The smallest absolute Gasteiger partial charge is 0.123 e. The maximum Gasteiger partial charge on any atom is 0.123 e. The number of ether oxygens (including phenoxy) is 1. The Morgan fingerprint density at radius 2 is 1.85 bits per heavy atom. The monoisotopic (exact) mass is 276 g/mol. The van der Waals surface area contributed by atoms with Crippen molar-refractivity contribution in [2.45, 2.75) is 58.2 Å². The molecule has 0 aliphatic heterocycles. The zero-order valence-corrected chi connectivity index (χ0v) is 12.8. The summed E-state index contributed by atoms with van der Waals surface area (Å²) in [6.07, 6.45) is 4.78. The molecule has 3 nitrogen and oxygen atoms in total. The number of benzene rings is 1. The number of hydrogen-bond acceptors (Lipinski definition) is 3. The van der Waals surface area contributed by atoms with Crippen molar-refractivity contribution in [3.05, 3.63) is 29.8 Å². The lowest BCUT2D eigenvalue weighted by molar-refractivity contribution is 0.147. The minimum atomic E-state index is 0.417. The third-order valence-corrected chi connectivity index (χ3v) is 4.31. The van der Waals surface area contributed by atoms with Crippen molar-refractivity contribution in [3.8, 4) is 5.75 Å². The Morgan fingerprint density at radius 1 is 1.15 bits per heavy atom. The Hall–Kier alpha value is -1.06. The highest BCUT2D eigenvalue weighted by molar-refractivity contribution is 5.33. The minimum absolute atomic E-state index is 0.417. The van der Waals surface area contributed by atoms with Gasteiger partial charge in [0.1, 0.15) is 5.75 Å². The van der Waals surface area contributed by atoms with E-state index in [2.05, 4.69) is 30.0 Å². The number of rotatable bonds is 6. The summed E-state index contributed by atoms with van der Waals surface area (Å²) >= 11 is 0. The summed E-state index contributed by atoms with van der Waals surface area (Å²) in [5.41, 5.74) is 7.31. The van der Waals surface area contributed by atoms with E-state index in [0.717, 1.165) is 38.3 Å². The van der Waals surface area contributed by atoms with E-state index in [4.69, 9.17) is 10.5 Å². The second kappa shape index (κ2) is 7.65. The second-order valence-electron chi connectivity index (χ2n) is 5.67. The Kier molecular flexibility index (Phi) is 5.86. The predicted octanol–water partition coefficient (Wildman–Crippen LogP) is 3.18. The van der Waals surface area contributed by atoms with Crippen LogP contribution >= 0.6 is 0 Å². The molecule has 0 atom stereocenters. The molecule has 2 rings (SSSR count). The topological polar surface area (TPSA) is 38.5 Å². The molecule has 112 valence electrons. The molecule has 0 aromatic heterocycles. The van der Waals surface area contributed by atoms with E-state index in [1.54, 1.807) is 0 Å². The van der Waals surface area contributed by atoms with Crippen LogP contribution in [-0.2, 0) is 6.54 Å². The van der Waals surface area contributed by atoms with Crippen molar-refractivity contribution in [3.63, 3.8) is 0 Å². The summed E-state index contributed by atoms with van der Waals surface area (Å²) in [4.78, 5) is 2.57. The van der Waals surface area contributed by atoms with E-state index < -0.39 is 0 Å². The highest BCUT2D eigenvalue weighted by Crippen LogP contribution is 2.26. The van der Waals surface area contributed by atoms with Crippen LogP contribution in [0.4, 0.5) is 0 Å². The maximum absolute atomic E-state index is 6.02. The van der Waals surface area contributed by atoms with Crippen LogP contribution in [0.15, 0.2) is 24.3 Å². The summed E-state index contributed by atoms with van der Waals surface area (Å²) in [6, 6.07) is 9.49. The van der Waals surface area contributed by atoms with Gasteiger partial charge < -0.3 is 10.5 Å². The summed E-state index contributed by atoms with van der Waals surface area (Å²) in [6.45, 7) is 7.07. The Bertz CT molecular complexity index is 400. The lowest BCUT2D eigenvalue weighted by Gasteiger charge is -2.35. The number of nitrogens with two attached hydrogens (primary N) is 1. The quantitative estimate of drug-likeness (QED) is 0.867. The summed E-state index contributed by atoms with van der Waals surface area (Å²) in [5, 5.41) is 0. The first kappa shape index (κ1) is 15.3. The van der Waals surface area contributed by atoms with Crippen molar-refractivity contribution in [2.24, 2.45) is 5.73 Å². The molecule has 20 heavy (non-hydrogen) atoms. The zero-order valence-electron chi connectivity index (χ0n) is 12.8. The fourth-order valence-corrected chi connectivity index (χ4v) is 3.12. The lowest BCUT2D eigenvalue weighted by atomic mass is 9.90. The van der Waals surface area contributed by atoms with Gasteiger partial charge in [0.25, 0.3) is 0 Å². The molecule has 1 aliphatic carbocycles. The summed E-state index contributed by atoms with van der Waals surface area (Å²) in [5.74, 6) is 1.03. The highest BCUT2D eigenvalue weighted by atomic mass is 16.5. The first-order chi connectivity index (χ1) is 9.74. The van der Waals surface area contributed by atoms with Gasteiger partial charge in [-0.15, -0.1) is 0 Å². The van der Waals surface area contributed by atoms with E-state index in [1.165, 1.54) is 18.4 Å². The van der Waals surface area contributed by atoms with Gasteiger partial charge in [-0.3, -0.25) is 4.90 Å². The van der Waals surface area contributed by atoms with Gasteiger partial charge in [-0.2, -0.15) is 0 Å². The van der Waals surface area contributed by atoms with Gasteiger partial charge in [0, 0.05) is 24.2 Å². The molecule has 1 aliphatic rings. The van der Waals surface area contributed by atoms with Crippen LogP contribution < -0.4 is 10.5 Å². The molecule has 0 heterocycles. The van der Waals surface area contributed by atoms with Crippen LogP contribution in [-0.4, -0.2) is 30.1 Å². The molecule has 3 heteroatoms. The van der Waals surface area contributed by atoms with Gasteiger partial charge in [0.15, 0.2) is 0 Å². The predicted molar refractivity (Wildman–Crippen MR) is 83.9 cm³/mol. The fraction of sp³-hybridized carbons (Fsp3) is 0.647. The Balaban J connectivity index is 2.02. The van der Waals surface area contributed by atoms with Gasteiger partial charge in [-0.05, 0) is 45.2 Å². The van der Waals surface area contributed by atoms with E-state index in [9.17, 15) is 0 Å².